The third-order valence-electron chi connectivity index (χ3n) is 6.50. The van der Waals surface area contributed by atoms with Gasteiger partial charge in [-0.1, -0.05) is 30.3 Å². The maximum atomic E-state index is 15.5. The second-order valence-electron chi connectivity index (χ2n) is 11.2. The fraction of sp³-hybridized carbons (Fsp3) is 0.300. The molecular weight excluding hydrogens is 623 g/mol. The average Bonchev–Trinajstić information content (AvgIpc) is 3.41. The van der Waals surface area contributed by atoms with Gasteiger partial charge in [-0.3, -0.25) is 4.79 Å². The number of aromatic nitrogens is 4. The smallest absolute Gasteiger partial charge is 0.408 e. The van der Waals surface area contributed by atoms with Crippen LogP contribution in [0.1, 0.15) is 26.3 Å². The Hall–Kier alpha value is -4.50. The van der Waals surface area contributed by atoms with Crippen LogP contribution in [0.15, 0.2) is 71.6 Å². The minimum atomic E-state index is -4.30. The number of carbonyl (C=O) groups is 2. The van der Waals surface area contributed by atoms with Crippen LogP contribution in [-0.2, 0) is 31.8 Å². The Kier molecular flexibility index (Phi) is 9.11. The second kappa shape index (κ2) is 12.9. The molecule has 0 spiro atoms. The van der Waals surface area contributed by atoms with E-state index in [0.717, 1.165) is 6.07 Å². The number of carbonyl (C=O) groups excluding carboxylic acids is 2. The van der Waals surface area contributed by atoms with Crippen molar-refractivity contribution in [1.29, 1.82) is 0 Å². The Balaban J connectivity index is 1.55. The molecule has 0 fully saturated rings. The number of hydrogen-bond acceptors (Lipinski definition) is 10. The van der Waals surface area contributed by atoms with E-state index in [0.29, 0.717) is 22.9 Å². The number of alkyl carbamates (subject to hydrolysis) is 1. The molecule has 0 bridgehead atoms. The van der Waals surface area contributed by atoms with Crippen molar-refractivity contribution in [2.75, 3.05) is 16.9 Å². The van der Waals surface area contributed by atoms with E-state index in [2.05, 4.69) is 20.7 Å². The van der Waals surface area contributed by atoms with Crippen molar-refractivity contribution in [3.63, 3.8) is 0 Å². The molecule has 1 aliphatic rings. The number of fused-ring (bicyclic) bond motifs is 1. The van der Waals surface area contributed by atoms with Crippen molar-refractivity contribution in [2.24, 2.45) is 0 Å². The molecule has 1 aromatic heterocycles. The fourth-order valence-electron chi connectivity index (χ4n) is 4.57. The Morgan fingerprint density at radius 3 is 2.44 bits per heavy atom. The first kappa shape index (κ1) is 31.9. The van der Waals surface area contributed by atoms with Crippen LogP contribution in [0, 0.1) is 5.82 Å². The van der Waals surface area contributed by atoms with Crippen molar-refractivity contribution in [3.8, 4) is 22.9 Å². The van der Waals surface area contributed by atoms with Gasteiger partial charge in [0.1, 0.15) is 34.8 Å². The molecule has 0 saturated carbocycles. The van der Waals surface area contributed by atoms with E-state index in [9.17, 15) is 18.0 Å². The lowest BCUT2D eigenvalue weighted by Crippen LogP contribution is -2.51. The summed E-state index contributed by atoms with van der Waals surface area (Å²) in [6.07, 6.45) is 0.869. The van der Waals surface area contributed by atoms with E-state index in [-0.39, 0.29) is 23.6 Å². The van der Waals surface area contributed by atoms with Gasteiger partial charge >= 0.3 is 6.09 Å². The van der Waals surface area contributed by atoms with Gasteiger partial charge < -0.3 is 19.7 Å². The molecule has 2 heterocycles. The molecule has 3 aromatic carbocycles. The number of benzene rings is 3. The second-order valence-corrected chi connectivity index (χ2v) is 14.0. The van der Waals surface area contributed by atoms with Crippen molar-refractivity contribution in [2.45, 2.75) is 49.7 Å². The van der Waals surface area contributed by atoms with E-state index < -0.39 is 49.9 Å². The van der Waals surface area contributed by atoms with Crippen LogP contribution in [-0.4, -0.2) is 64.3 Å². The number of amides is 2. The highest BCUT2D eigenvalue weighted by atomic mass is 32.2. The van der Waals surface area contributed by atoms with Crippen LogP contribution < -0.4 is 15.0 Å². The fourth-order valence-corrected chi connectivity index (χ4v) is 6.53. The standard InChI is InChI=1S/C30H31FN6O6S2/c1-30(2,3)43-29(39)32-24-17-45(40,41)26-15-23(31)22(27-33-35-37(34-27)18-44-4)14-25(26)36(28(24)38)16-19-10-12-21(13-11-19)42-20-8-6-5-7-9-20/h5-15,24H,16-18H2,1-4H3,(H,32,39)/t24-/m0/s1. The van der Waals surface area contributed by atoms with Crippen molar-refractivity contribution >= 4 is 39.3 Å². The Bertz CT molecular complexity index is 1810. The normalized spacial score (nSPS) is 16.1. The first-order chi connectivity index (χ1) is 21.3. The van der Waals surface area contributed by atoms with Gasteiger partial charge in [-0.2, -0.15) is 4.80 Å². The quantitative estimate of drug-likeness (QED) is 0.281. The lowest BCUT2D eigenvalue weighted by Gasteiger charge is -2.27. The largest absolute Gasteiger partial charge is 0.457 e. The lowest BCUT2D eigenvalue weighted by atomic mass is 10.1. The first-order valence-corrected chi connectivity index (χ1v) is 16.8. The summed E-state index contributed by atoms with van der Waals surface area (Å²) < 4.78 is 53.9. The number of ether oxygens (including phenoxy) is 2. The molecule has 1 aliphatic heterocycles. The van der Waals surface area contributed by atoms with Crippen LogP contribution >= 0.6 is 11.8 Å². The minimum absolute atomic E-state index is 0.0794. The highest BCUT2D eigenvalue weighted by Gasteiger charge is 2.40. The van der Waals surface area contributed by atoms with E-state index >= 15 is 4.39 Å². The topological polar surface area (TPSA) is 146 Å². The summed E-state index contributed by atoms with van der Waals surface area (Å²) in [5.74, 6) is -0.980. The molecule has 0 radical (unpaired) electrons. The predicted molar refractivity (Wildman–Crippen MR) is 166 cm³/mol. The molecule has 4 aromatic rings. The number of nitrogens with one attached hydrogen (secondary N) is 1. The monoisotopic (exact) mass is 654 g/mol. The molecule has 5 rings (SSSR count). The lowest BCUT2D eigenvalue weighted by molar-refractivity contribution is -0.120. The summed E-state index contributed by atoms with van der Waals surface area (Å²) in [4.78, 5) is 28.8. The molecule has 0 unspecified atom stereocenters. The summed E-state index contributed by atoms with van der Waals surface area (Å²) in [6, 6.07) is 16.6. The molecule has 1 N–H and O–H groups in total. The third-order valence-corrected chi connectivity index (χ3v) is 8.76. The Morgan fingerprint density at radius 2 is 1.78 bits per heavy atom. The molecule has 0 aliphatic carbocycles. The van der Waals surface area contributed by atoms with Crippen molar-refractivity contribution < 1.29 is 31.9 Å². The number of sulfone groups is 1. The number of hydrogen-bond donors (Lipinski definition) is 1. The van der Waals surface area contributed by atoms with Crippen molar-refractivity contribution in [3.05, 3.63) is 78.1 Å². The highest BCUT2D eigenvalue weighted by Crippen LogP contribution is 2.37. The summed E-state index contributed by atoms with van der Waals surface area (Å²) in [6.45, 7) is 4.80. The van der Waals surface area contributed by atoms with E-state index in [1.54, 1.807) is 45.0 Å². The zero-order valence-corrected chi connectivity index (χ0v) is 26.6. The third kappa shape index (κ3) is 7.60. The zero-order valence-electron chi connectivity index (χ0n) is 24.9. The molecule has 45 heavy (non-hydrogen) atoms. The summed E-state index contributed by atoms with van der Waals surface area (Å²) in [7, 11) is -4.30. The summed E-state index contributed by atoms with van der Waals surface area (Å²) >= 11 is 1.42. The molecule has 2 amide bonds. The molecular formula is C30H31FN6O6S2. The summed E-state index contributed by atoms with van der Waals surface area (Å²) in [5, 5.41) is 14.4. The Morgan fingerprint density at radius 1 is 1.09 bits per heavy atom. The molecule has 236 valence electrons. The maximum Gasteiger partial charge on any atom is 0.408 e. The van der Waals surface area contributed by atoms with E-state index in [1.165, 1.54) is 27.5 Å². The van der Waals surface area contributed by atoms with E-state index in [1.807, 2.05) is 36.6 Å². The first-order valence-electron chi connectivity index (χ1n) is 13.8. The van der Waals surface area contributed by atoms with E-state index in [4.69, 9.17) is 9.47 Å². The van der Waals surface area contributed by atoms with Crippen LogP contribution in [0.2, 0.25) is 0 Å². The van der Waals surface area contributed by atoms with Gasteiger partial charge in [0.05, 0.1) is 28.4 Å². The van der Waals surface area contributed by atoms with Crippen LogP contribution in [0.5, 0.6) is 11.5 Å². The van der Waals surface area contributed by atoms with Crippen molar-refractivity contribution in [1.82, 2.24) is 25.5 Å². The van der Waals surface area contributed by atoms with Gasteiger partial charge in [0, 0.05) is 0 Å². The van der Waals surface area contributed by atoms with Gasteiger partial charge in [-0.05, 0) is 74.2 Å². The molecule has 15 heteroatoms. The Labute approximate surface area is 263 Å². The number of tetrazole rings is 1. The van der Waals surface area contributed by atoms with Gasteiger partial charge in [0.15, 0.2) is 9.84 Å². The number of rotatable bonds is 8. The average molecular weight is 655 g/mol. The van der Waals surface area contributed by atoms with Crippen LogP contribution in [0.25, 0.3) is 11.4 Å². The van der Waals surface area contributed by atoms with Gasteiger partial charge in [-0.25, -0.2) is 17.6 Å². The minimum Gasteiger partial charge on any atom is -0.457 e. The van der Waals surface area contributed by atoms with Crippen LogP contribution in [0.4, 0.5) is 14.9 Å². The molecule has 12 nitrogen and oxygen atoms in total. The van der Waals surface area contributed by atoms with Gasteiger partial charge in [0.2, 0.25) is 5.82 Å². The zero-order chi connectivity index (χ0) is 32.4. The summed E-state index contributed by atoms with van der Waals surface area (Å²) in [5.41, 5.74) is -0.517. The number of anilines is 1. The number of thioether (sulfide) groups is 1. The molecule has 0 saturated heterocycles. The molecule has 1 atom stereocenters. The predicted octanol–water partition coefficient (Wildman–Crippen LogP) is 4.81. The van der Waals surface area contributed by atoms with Gasteiger partial charge in [-0.15, -0.1) is 22.0 Å². The number of halogens is 1. The number of para-hydroxylation sites is 1. The van der Waals surface area contributed by atoms with Gasteiger partial charge in [0.25, 0.3) is 5.91 Å². The SMILES string of the molecule is CSCn1nnc(-c2cc3c(cc2F)S(=O)(=O)C[C@H](NC(=O)OC(C)(C)C)C(=O)N3Cc2ccc(Oc3ccccc3)cc2)n1. The number of nitrogens with zero attached hydrogens (tertiary/aromatic N) is 5. The maximum absolute atomic E-state index is 15.5. The highest BCUT2D eigenvalue weighted by molar-refractivity contribution is 7.97. The van der Waals surface area contributed by atoms with Crippen LogP contribution in [0.3, 0.4) is 0 Å².